The van der Waals surface area contributed by atoms with E-state index in [9.17, 15) is 9.59 Å². The van der Waals surface area contributed by atoms with E-state index in [2.05, 4.69) is 10.3 Å². The largest absolute Gasteiger partial charge is 0.458 e. The van der Waals surface area contributed by atoms with Gasteiger partial charge in [0.2, 0.25) is 5.89 Å². The number of amides is 3. The van der Waals surface area contributed by atoms with Crippen LogP contribution in [0.5, 0.6) is 0 Å². The number of urea groups is 1. The van der Waals surface area contributed by atoms with Gasteiger partial charge in [-0.15, -0.1) is 0 Å². The van der Waals surface area contributed by atoms with Crippen molar-refractivity contribution in [2.45, 2.75) is 32.9 Å². The van der Waals surface area contributed by atoms with Crippen LogP contribution in [0.3, 0.4) is 0 Å². The molecule has 7 heteroatoms. The van der Waals surface area contributed by atoms with Crippen LogP contribution >= 0.6 is 0 Å². The van der Waals surface area contributed by atoms with E-state index in [1.54, 1.807) is 19.9 Å². The van der Waals surface area contributed by atoms with Crippen molar-refractivity contribution in [1.82, 2.24) is 15.2 Å². The van der Waals surface area contributed by atoms with Gasteiger partial charge < -0.3 is 14.2 Å². The summed E-state index contributed by atoms with van der Waals surface area (Å²) in [7, 11) is 0. The third-order valence-electron chi connectivity index (χ3n) is 4.56. The topological polar surface area (TPSA) is 88.6 Å². The highest BCUT2D eigenvalue weighted by Crippen LogP contribution is 2.33. The van der Waals surface area contributed by atoms with E-state index in [1.807, 2.05) is 31.2 Å². The summed E-state index contributed by atoms with van der Waals surface area (Å²) >= 11 is 0. The average Bonchev–Trinajstić information content (AvgIpc) is 3.20. The molecule has 1 aromatic carbocycles. The molecule has 1 aliphatic rings. The van der Waals surface area contributed by atoms with Gasteiger partial charge in [0.25, 0.3) is 5.91 Å². The standard InChI is InChI=1S/C18H17N3O4/c1-10-11(2)24-15(19-10)9-21-16(22)18(3,20-17(21)23)14-8-12-6-4-5-7-13(12)25-14/h4-8H,9H2,1-3H3,(H,20,23)/t18-/m0/s1. The van der Waals surface area contributed by atoms with E-state index in [0.717, 1.165) is 16.0 Å². The Bertz CT molecular complexity index is 950. The molecule has 3 amide bonds. The number of carbonyl (C=O) groups is 2. The number of aryl methyl sites for hydroxylation is 2. The molecule has 0 aliphatic carbocycles. The zero-order valence-electron chi connectivity index (χ0n) is 14.1. The maximum Gasteiger partial charge on any atom is 0.325 e. The first-order valence-electron chi connectivity index (χ1n) is 7.94. The molecule has 3 heterocycles. The van der Waals surface area contributed by atoms with E-state index in [1.165, 1.54) is 0 Å². The molecule has 0 bridgehead atoms. The zero-order chi connectivity index (χ0) is 17.8. The number of imide groups is 1. The molecule has 0 saturated carbocycles. The SMILES string of the molecule is Cc1nc(CN2C(=O)N[C@@](C)(c3cc4ccccc4o3)C2=O)oc1C. The summed E-state index contributed by atoms with van der Waals surface area (Å²) in [4.78, 5) is 30.6. The third kappa shape index (κ3) is 2.31. The Morgan fingerprint density at radius 2 is 1.96 bits per heavy atom. The monoisotopic (exact) mass is 339 g/mol. The normalized spacial score (nSPS) is 20.5. The molecule has 7 nitrogen and oxygen atoms in total. The van der Waals surface area contributed by atoms with Gasteiger partial charge in [0.05, 0.1) is 5.69 Å². The van der Waals surface area contributed by atoms with E-state index in [4.69, 9.17) is 8.83 Å². The highest BCUT2D eigenvalue weighted by molar-refractivity contribution is 6.07. The minimum atomic E-state index is -1.26. The van der Waals surface area contributed by atoms with Crippen molar-refractivity contribution in [2.75, 3.05) is 0 Å². The second-order valence-electron chi connectivity index (χ2n) is 6.34. The molecule has 0 unspecified atom stereocenters. The molecule has 4 rings (SSSR count). The van der Waals surface area contributed by atoms with Crippen LogP contribution in [-0.2, 0) is 16.9 Å². The maximum atomic E-state index is 12.9. The fourth-order valence-electron chi connectivity index (χ4n) is 2.98. The predicted octanol–water partition coefficient (Wildman–Crippen LogP) is 3.00. The number of aromatic nitrogens is 1. The zero-order valence-corrected chi connectivity index (χ0v) is 14.1. The molecule has 1 atom stereocenters. The number of hydrogen-bond acceptors (Lipinski definition) is 5. The molecule has 0 radical (unpaired) electrons. The summed E-state index contributed by atoms with van der Waals surface area (Å²) in [5.74, 6) is 0.994. The summed E-state index contributed by atoms with van der Waals surface area (Å²) in [6, 6.07) is 8.73. The van der Waals surface area contributed by atoms with E-state index < -0.39 is 17.5 Å². The molecule has 1 aliphatic heterocycles. The van der Waals surface area contributed by atoms with Crippen LogP contribution in [0.15, 0.2) is 39.2 Å². The molecule has 1 fully saturated rings. The van der Waals surface area contributed by atoms with Crippen LogP contribution in [0, 0.1) is 13.8 Å². The lowest BCUT2D eigenvalue weighted by atomic mass is 9.99. The van der Waals surface area contributed by atoms with Gasteiger partial charge in [0.15, 0.2) is 5.54 Å². The number of nitrogens with zero attached hydrogens (tertiary/aromatic N) is 2. The minimum absolute atomic E-state index is 0.0187. The van der Waals surface area contributed by atoms with E-state index in [0.29, 0.717) is 23.0 Å². The van der Waals surface area contributed by atoms with Crippen LogP contribution in [0.4, 0.5) is 4.79 Å². The van der Waals surface area contributed by atoms with Gasteiger partial charge in [-0.05, 0) is 32.9 Å². The fourth-order valence-corrected chi connectivity index (χ4v) is 2.98. The number of benzene rings is 1. The lowest BCUT2D eigenvalue weighted by Gasteiger charge is -2.18. The Balaban J connectivity index is 1.67. The number of fused-ring (bicyclic) bond motifs is 1. The van der Waals surface area contributed by atoms with E-state index >= 15 is 0 Å². The van der Waals surface area contributed by atoms with Gasteiger partial charge in [-0.2, -0.15) is 0 Å². The quantitative estimate of drug-likeness (QED) is 0.741. The van der Waals surface area contributed by atoms with E-state index in [-0.39, 0.29) is 6.54 Å². The summed E-state index contributed by atoms with van der Waals surface area (Å²) < 4.78 is 11.3. The first-order chi connectivity index (χ1) is 11.9. The number of furan rings is 1. The van der Waals surface area contributed by atoms with Gasteiger partial charge in [-0.3, -0.25) is 9.69 Å². The Labute approximate surface area is 143 Å². The lowest BCUT2D eigenvalue weighted by Crippen LogP contribution is -2.40. The summed E-state index contributed by atoms with van der Waals surface area (Å²) in [6.07, 6.45) is 0. The smallest absolute Gasteiger partial charge is 0.325 e. The molecule has 3 aromatic rings. The number of hydrogen-bond donors (Lipinski definition) is 1. The fraction of sp³-hybridized carbons (Fsp3) is 0.278. The van der Waals surface area contributed by atoms with Crippen molar-refractivity contribution in [3.05, 3.63) is 53.4 Å². The molecular formula is C18H17N3O4. The van der Waals surface area contributed by atoms with Crippen molar-refractivity contribution >= 4 is 22.9 Å². The number of oxazole rings is 1. The van der Waals surface area contributed by atoms with Crippen molar-refractivity contribution < 1.29 is 18.4 Å². The Morgan fingerprint density at radius 3 is 2.64 bits per heavy atom. The molecule has 25 heavy (non-hydrogen) atoms. The molecular weight excluding hydrogens is 322 g/mol. The number of rotatable bonds is 3. The highest BCUT2D eigenvalue weighted by atomic mass is 16.4. The van der Waals surface area contributed by atoms with Crippen LogP contribution in [-0.4, -0.2) is 21.8 Å². The summed E-state index contributed by atoms with van der Waals surface area (Å²) in [5.41, 5.74) is 0.146. The van der Waals surface area contributed by atoms with Crippen LogP contribution < -0.4 is 5.32 Å². The summed E-state index contributed by atoms with van der Waals surface area (Å²) in [6.45, 7) is 5.22. The first kappa shape index (κ1) is 15.4. The number of para-hydroxylation sites is 1. The second-order valence-corrected chi connectivity index (χ2v) is 6.34. The van der Waals surface area contributed by atoms with Crippen LogP contribution in [0.2, 0.25) is 0 Å². The first-order valence-corrected chi connectivity index (χ1v) is 7.94. The van der Waals surface area contributed by atoms with Crippen molar-refractivity contribution in [2.24, 2.45) is 0 Å². The van der Waals surface area contributed by atoms with Gasteiger partial charge in [-0.1, -0.05) is 18.2 Å². The number of nitrogens with one attached hydrogen (secondary N) is 1. The van der Waals surface area contributed by atoms with Gasteiger partial charge in [-0.25, -0.2) is 9.78 Å². The van der Waals surface area contributed by atoms with Gasteiger partial charge >= 0.3 is 6.03 Å². The molecule has 1 N–H and O–H groups in total. The maximum absolute atomic E-state index is 12.9. The second kappa shape index (κ2) is 5.20. The van der Waals surface area contributed by atoms with Crippen molar-refractivity contribution in [3.63, 3.8) is 0 Å². The average molecular weight is 339 g/mol. The molecule has 2 aromatic heterocycles. The molecule has 0 spiro atoms. The third-order valence-corrected chi connectivity index (χ3v) is 4.56. The Hall–Kier alpha value is -3.09. The Kier molecular flexibility index (Phi) is 3.21. The lowest BCUT2D eigenvalue weighted by molar-refractivity contribution is -0.132. The van der Waals surface area contributed by atoms with Gasteiger partial charge in [0.1, 0.15) is 23.6 Å². The predicted molar refractivity (Wildman–Crippen MR) is 88.6 cm³/mol. The molecule has 1 saturated heterocycles. The molecule has 128 valence electrons. The van der Waals surface area contributed by atoms with Crippen LogP contribution in [0.25, 0.3) is 11.0 Å². The van der Waals surface area contributed by atoms with Gasteiger partial charge in [0, 0.05) is 5.39 Å². The van der Waals surface area contributed by atoms with Crippen molar-refractivity contribution in [1.29, 1.82) is 0 Å². The minimum Gasteiger partial charge on any atom is -0.458 e. The number of carbonyl (C=O) groups excluding carboxylic acids is 2. The Morgan fingerprint density at radius 1 is 1.20 bits per heavy atom. The summed E-state index contributed by atoms with van der Waals surface area (Å²) in [5, 5.41) is 3.60. The van der Waals surface area contributed by atoms with Crippen LogP contribution in [0.1, 0.15) is 30.0 Å². The van der Waals surface area contributed by atoms with Crippen molar-refractivity contribution in [3.8, 4) is 0 Å². The highest BCUT2D eigenvalue weighted by Gasteiger charge is 2.51.